The number of piperidine rings is 1. The summed E-state index contributed by atoms with van der Waals surface area (Å²) in [5, 5.41) is 6.27. The smallest absolute Gasteiger partial charge is 0.260 e. The van der Waals surface area contributed by atoms with Crippen molar-refractivity contribution >= 4 is 22.2 Å². The number of thiophene rings is 1. The lowest BCUT2D eigenvalue weighted by Gasteiger charge is -2.23. The molecule has 4 aromatic rings. The van der Waals surface area contributed by atoms with Gasteiger partial charge in [0.25, 0.3) is 5.56 Å². The van der Waals surface area contributed by atoms with Crippen LogP contribution in [0.1, 0.15) is 24.0 Å². The molecule has 2 aromatic heterocycles. The standard InChI is InChI=1S/C27H24N2O2S/c30-27-25(24-7-4-16-32-24)26(31-18-21-12-14-28-15-13-21)22-17-20(10-11-23(22)29-27)9-8-19-5-2-1-3-6-19/h1-7,10-11,16-17,21,28H,12-15,18H2,(H,29,30). The molecule has 1 fully saturated rings. The Hall–Kier alpha value is -3.33. The van der Waals surface area contributed by atoms with Crippen molar-refractivity contribution in [2.75, 3.05) is 19.7 Å². The van der Waals surface area contributed by atoms with Gasteiger partial charge in [-0.05, 0) is 73.6 Å². The maximum Gasteiger partial charge on any atom is 0.260 e. The van der Waals surface area contributed by atoms with Gasteiger partial charge in [-0.1, -0.05) is 36.1 Å². The maximum absolute atomic E-state index is 13.0. The molecular weight excluding hydrogens is 416 g/mol. The topological polar surface area (TPSA) is 54.1 Å². The lowest BCUT2D eigenvalue weighted by atomic mass is 9.99. The lowest BCUT2D eigenvalue weighted by Crippen LogP contribution is -2.30. The van der Waals surface area contributed by atoms with E-state index in [9.17, 15) is 4.79 Å². The van der Waals surface area contributed by atoms with E-state index in [1.54, 1.807) is 11.3 Å². The Morgan fingerprint density at radius 2 is 1.78 bits per heavy atom. The molecule has 0 spiro atoms. The average molecular weight is 441 g/mol. The van der Waals surface area contributed by atoms with Crippen molar-refractivity contribution < 1.29 is 4.74 Å². The lowest BCUT2D eigenvalue weighted by molar-refractivity contribution is 0.217. The number of hydrogen-bond donors (Lipinski definition) is 2. The first-order valence-electron chi connectivity index (χ1n) is 10.9. The minimum atomic E-state index is -0.122. The third-order valence-corrected chi connectivity index (χ3v) is 6.67. The number of nitrogens with one attached hydrogen (secondary N) is 2. The van der Waals surface area contributed by atoms with Gasteiger partial charge in [0.05, 0.1) is 17.7 Å². The fraction of sp³-hybridized carbons (Fsp3) is 0.222. The molecule has 1 aliphatic heterocycles. The number of H-pyrrole nitrogens is 1. The van der Waals surface area contributed by atoms with Crippen LogP contribution in [0.4, 0.5) is 0 Å². The Morgan fingerprint density at radius 1 is 0.969 bits per heavy atom. The van der Waals surface area contributed by atoms with Crippen molar-refractivity contribution in [3.05, 3.63) is 87.5 Å². The molecule has 2 N–H and O–H groups in total. The van der Waals surface area contributed by atoms with Crippen LogP contribution < -0.4 is 15.6 Å². The van der Waals surface area contributed by atoms with E-state index in [2.05, 4.69) is 22.1 Å². The number of benzene rings is 2. The molecule has 0 saturated carbocycles. The molecule has 2 aromatic carbocycles. The van der Waals surface area contributed by atoms with Gasteiger partial charge in [-0.2, -0.15) is 0 Å². The predicted octanol–water partition coefficient (Wildman–Crippen LogP) is 5.03. The third-order valence-electron chi connectivity index (χ3n) is 5.78. The van der Waals surface area contributed by atoms with Crippen molar-refractivity contribution in [1.29, 1.82) is 0 Å². The van der Waals surface area contributed by atoms with Gasteiger partial charge in [-0.25, -0.2) is 0 Å². The first-order valence-corrected chi connectivity index (χ1v) is 11.8. The van der Waals surface area contributed by atoms with Crippen molar-refractivity contribution in [3.8, 4) is 28.0 Å². The van der Waals surface area contributed by atoms with Gasteiger partial charge in [-0.15, -0.1) is 11.3 Å². The van der Waals surface area contributed by atoms with Crippen LogP contribution in [-0.2, 0) is 0 Å². The second-order valence-corrected chi connectivity index (χ2v) is 8.96. The van der Waals surface area contributed by atoms with Crippen LogP contribution in [0.25, 0.3) is 21.3 Å². The Labute approximate surface area is 191 Å². The summed E-state index contributed by atoms with van der Waals surface area (Å²) in [6.45, 7) is 2.64. The van der Waals surface area contributed by atoms with Crippen LogP contribution in [0.2, 0.25) is 0 Å². The zero-order valence-electron chi connectivity index (χ0n) is 17.7. The van der Waals surface area contributed by atoms with Crippen LogP contribution in [0.3, 0.4) is 0 Å². The zero-order chi connectivity index (χ0) is 21.8. The number of ether oxygens (including phenoxy) is 1. The number of aromatic amines is 1. The molecular formula is C27H24N2O2S. The van der Waals surface area contributed by atoms with Crippen LogP contribution in [0, 0.1) is 17.8 Å². The normalized spacial score (nSPS) is 14.1. The van der Waals surface area contributed by atoms with Crippen molar-refractivity contribution in [3.63, 3.8) is 0 Å². The Balaban J connectivity index is 1.59. The molecule has 5 rings (SSSR count). The highest BCUT2D eigenvalue weighted by atomic mass is 32.1. The zero-order valence-corrected chi connectivity index (χ0v) is 18.5. The average Bonchev–Trinajstić information content (AvgIpc) is 3.37. The quantitative estimate of drug-likeness (QED) is 0.438. The molecule has 160 valence electrons. The number of aromatic nitrogens is 1. The van der Waals surface area contributed by atoms with Gasteiger partial charge in [-0.3, -0.25) is 4.79 Å². The summed E-state index contributed by atoms with van der Waals surface area (Å²) in [6, 6.07) is 19.7. The van der Waals surface area contributed by atoms with E-state index in [1.807, 2.05) is 66.0 Å². The van der Waals surface area contributed by atoms with E-state index in [1.165, 1.54) is 0 Å². The molecule has 0 atom stereocenters. The summed E-state index contributed by atoms with van der Waals surface area (Å²) in [4.78, 5) is 17.0. The SMILES string of the molecule is O=c1[nH]c2ccc(C#Cc3ccccc3)cc2c(OCC2CCNCC2)c1-c1cccs1. The third kappa shape index (κ3) is 4.47. The van der Waals surface area contributed by atoms with E-state index in [0.717, 1.165) is 52.8 Å². The molecule has 0 radical (unpaired) electrons. The Morgan fingerprint density at radius 3 is 2.56 bits per heavy atom. The Bertz CT molecular complexity index is 1330. The van der Waals surface area contributed by atoms with Crippen LogP contribution in [0.15, 0.2) is 70.8 Å². The molecule has 32 heavy (non-hydrogen) atoms. The van der Waals surface area contributed by atoms with Crippen LogP contribution in [-0.4, -0.2) is 24.7 Å². The van der Waals surface area contributed by atoms with Gasteiger partial charge < -0.3 is 15.0 Å². The first kappa shape index (κ1) is 20.6. The summed E-state index contributed by atoms with van der Waals surface area (Å²) < 4.78 is 6.42. The molecule has 5 heteroatoms. The van der Waals surface area contributed by atoms with Crippen molar-refractivity contribution in [2.24, 2.45) is 5.92 Å². The summed E-state index contributed by atoms with van der Waals surface area (Å²) in [5.74, 6) is 7.62. The summed E-state index contributed by atoms with van der Waals surface area (Å²) in [5.41, 5.74) is 3.10. The molecule has 0 unspecified atom stereocenters. The summed E-state index contributed by atoms with van der Waals surface area (Å²) >= 11 is 1.55. The highest BCUT2D eigenvalue weighted by Crippen LogP contribution is 2.36. The van der Waals surface area contributed by atoms with Crippen LogP contribution in [0.5, 0.6) is 5.75 Å². The van der Waals surface area contributed by atoms with Gasteiger partial charge in [0, 0.05) is 21.4 Å². The van der Waals surface area contributed by atoms with E-state index in [-0.39, 0.29) is 5.56 Å². The number of fused-ring (bicyclic) bond motifs is 1. The van der Waals surface area contributed by atoms with E-state index >= 15 is 0 Å². The minimum Gasteiger partial charge on any atom is -0.492 e. The molecule has 1 saturated heterocycles. The van der Waals surface area contributed by atoms with E-state index < -0.39 is 0 Å². The second-order valence-electron chi connectivity index (χ2n) is 8.02. The van der Waals surface area contributed by atoms with Gasteiger partial charge in [0.1, 0.15) is 5.75 Å². The highest BCUT2D eigenvalue weighted by molar-refractivity contribution is 7.13. The maximum atomic E-state index is 13.0. The van der Waals surface area contributed by atoms with Crippen LogP contribution >= 0.6 is 11.3 Å². The molecule has 0 aliphatic carbocycles. The molecule has 0 amide bonds. The number of hydrogen-bond acceptors (Lipinski definition) is 4. The Kier molecular flexibility index (Phi) is 6.06. The van der Waals surface area contributed by atoms with Gasteiger partial charge >= 0.3 is 0 Å². The van der Waals surface area contributed by atoms with Gasteiger partial charge in [0.2, 0.25) is 0 Å². The van der Waals surface area contributed by atoms with E-state index in [4.69, 9.17) is 4.74 Å². The second kappa shape index (κ2) is 9.44. The molecule has 0 bridgehead atoms. The number of rotatable bonds is 4. The first-order chi connectivity index (χ1) is 15.8. The predicted molar refractivity (Wildman–Crippen MR) is 131 cm³/mol. The minimum absolute atomic E-state index is 0.122. The molecule has 1 aliphatic rings. The summed E-state index contributed by atoms with van der Waals surface area (Å²) in [7, 11) is 0. The largest absolute Gasteiger partial charge is 0.492 e. The fourth-order valence-electron chi connectivity index (χ4n) is 4.05. The number of pyridine rings is 1. The van der Waals surface area contributed by atoms with E-state index in [0.29, 0.717) is 23.8 Å². The fourth-order valence-corrected chi connectivity index (χ4v) is 4.82. The highest BCUT2D eigenvalue weighted by Gasteiger charge is 2.20. The van der Waals surface area contributed by atoms with Gasteiger partial charge in [0.15, 0.2) is 0 Å². The monoisotopic (exact) mass is 440 g/mol. The van der Waals surface area contributed by atoms with Crippen molar-refractivity contribution in [2.45, 2.75) is 12.8 Å². The molecule has 3 heterocycles. The summed E-state index contributed by atoms with van der Waals surface area (Å²) in [6.07, 6.45) is 2.17. The van der Waals surface area contributed by atoms with Crippen molar-refractivity contribution in [1.82, 2.24) is 10.3 Å². The molecule has 4 nitrogen and oxygen atoms in total.